The Hall–Kier alpha value is -3.11. The Kier molecular flexibility index (Phi) is 10.6. The van der Waals surface area contributed by atoms with Crippen molar-refractivity contribution in [3.05, 3.63) is 65.7 Å². The molecule has 1 atom stereocenters. The van der Waals surface area contributed by atoms with Gasteiger partial charge in [-0.3, -0.25) is 0 Å². The van der Waals surface area contributed by atoms with E-state index in [0.717, 1.165) is 24.0 Å². The molecule has 2 aromatic carbocycles. The number of halogens is 3. The summed E-state index contributed by atoms with van der Waals surface area (Å²) in [5.74, 6) is -3.06. The van der Waals surface area contributed by atoms with Gasteiger partial charge >= 0.3 is 18.1 Å². The summed E-state index contributed by atoms with van der Waals surface area (Å²) < 4.78 is 47.3. The molecule has 0 fully saturated rings. The maximum atomic E-state index is 12.0. The first-order chi connectivity index (χ1) is 15.8. The topological polar surface area (TPSA) is 83.1 Å². The molecule has 0 heterocycles. The van der Waals surface area contributed by atoms with Crippen LogP contribution in [0.15, 0.2) is 54.6 Å². The zero-order valence-electron chi connectivity index (χ0n) is 18.1. The molecule has 10 heteroatoms. The van der Waals surface area contributed by atoms with Gasteiger partial charge in [-0.15, -0.1) is 0 Å². The number of hydrogen-bond donors (Lipinski definition) is 1. The van der Waals surface area contributed by atoms with E-state index in [9.17, 15) is 22.8 Å². The molecule has 0 bridgehead atoms. The van der Waals surface area contributed by atoms with Crippen molar-refractivity contribution in [3.63, 3.8) is 0 Å². The van der Waals surface area contributed by atoms with Crippen molar-refractivity contribution >= 4 is 11.9 Å². The van der Waals surface area contributed by atoms with Crippen LogP contribution in [0.25, 0.3) is 0 Å². The quantitative estimate of drug-likeness (QED) is 0.285. The molecule has 0 aliphatic rings. The zero-order valence-corrected chi connectivity index (χ0v) is 18.1. The molecule has 33 heavy (non-hydrogen) atoms. The van der Waals surface area contributed by atoms with Gasteiger partial charge in [0.05, 0.1) is 13.2 Å². The van der Waals surface area contributed by atoms with Gasteiger partial charge in [0.2, 0.25) is 0 Å². The predicted molar refractivity (Wildman–Crippen MR) is 112 cm³/mol. The number of nitrogens with one attached hydrogen (secondary N) is 1. The standard InChI is InChI=1S/C23H26F3NO6/c1-17(21(28)32-33-22(29)23(24,25)26)27-15-18-9-11-20(12-10-18)31-14-6-5-13-30-16-19-7-3-2-4-8-19/h2-4,7-12,17,27H,5-6,13-16H2,1H3/t17-/m0/s1. The maximum absolute atomic E-state index is 12.0. The number of alkyl halides is 3. The van der Waals surface area contributed by atoms with Gasteiger partial charge in [0.25, 0.3) is 0 Å². The Morgan fingerprint density at radius 3 is 2.24 bits per heavy atom. The zero-order chi connectivity index (χ0) is 24.1. The Morgan fingerprint density at radius 2 is 1.58 bits per heavy atom. The molecule has 0 radical (unpaired) electrons. The fourth-order valence-corrected chi connectivity index (χ4v) is 2.52. The number of hydrogen-bond acceptors (Lipinski definition) is 7. The van der Waals surface area contributed by atoms with E-state index in [-0.39, 0.29) is 6.54 Å². The van der Waals surface area contributed by atoms with Crippen molar-refractivity contribution in [1.29, 1.82) is 0 Å². The summed E-state index contributed by atoms with van der Waals surface area (Å²) in [6.07, 6.45) is -3.52. The average molecular weight is 469 g/mol. The summed E-state index contributed by atoms with van der Waals surface area (Å²) in [6.45, 7) is 3.39. The second-order valence-electron chi connectivity index (χ2n) is 7.11. The van der Waals surface area contributed by atoms with Crippen LogP contribution in [-0.2, 0) is 37.3 Å². The van der Waals surface area contributed by atoms with Gasteiger partial charge in [0, 0.05) is 13.2 Å². The largest absolute Gasteiger partial charge is 0.495 e. The van der Waals surface area contributed by atoms with Gasteiger partial charge < -0.3 is 14.8 Å². The predicted octanol–water partition coefficient (Wildman–Crippen LogP) is 4.10. The minimum absolute atomic E-state index is 0.239. The molecular weight excluding hydrogens is 443 g/mol. The van der Waals surface area contributed by atoms with Crippen LogP contribution in [0, 0.1) is 0 Å². The number of unbranched alkanes of at least 4 members (excludes halogenated alkanes) is 1. The van der Waals surface area contributed by atoms with Crippen LogP contribution in [0.3, 0.4) is 0 Å². The van der Waals surface area contributed by atoms with E-state index >= 15 is 0 Å². The molecule has 1 N–H and O–H groups in total. The van der Waals surface area contributed by atoms with Gasteiger partial charge in [0.1, 0.15) is 11.8 Å². The van der Waals surface area contributed by atoms with E-state index in [4.69, 9.17) is 9.47 Å². The summed E-state index contributed by atoms with van der Waals surface area (Å²) in [5, 5.41) is 2.76. The highest BCUT2D eigenvalue weighted by molar-refractivity contribution is 5.78. The Bertz CT molecular complexity index is 859. The minimum atomic E-state index is -5.24. The molecular formula is C23H26F3NO6. The van der Waals surface area contributed by atoms with Gasteiger partial charge in [-0.1, -0.05) is 42.5 Å². The molecule has 0 aliphatic carbocycles. The van der Waals surface area contributed by atoms with Crippen LogP contribution in [0.4, 0.5) is 13.2 Å². The van der Waals surface area contributed by atoms with Gasteiger partial charge in [0.15, 0.2) is 0 Å². The molecule has 0 saturated carbocycles. The van der Waals surface area contributed by atoms with E-state index in [1.54, 1.807) is 24.3 Å². The van der Waals surface area contributed by atoms with Crippen LogP contribution >= 0.6 is 0 Å². The SMILES string of the molecule is C[C@H](NCc1ccc(OCCCCOCc2ccccc2)cc1)C(=O)OOC(=O)C(F)(F)F. The van der Waals surface area contributed by atoms with Gasteiger partial charge in [-0.05, 0) is 43.0 Å². The highest BCUT2D eigenvalue weighted by Gasteiger charge is 2.43. The molecule has 0 amide bonds. The number of rotatable bonds is 12. The first-order valence-corrected chi connectivity index (χ1v) is 10.3. The van der Waals surface area contributed by atoms with Crippen LogP contribution in [0.1, 0.15) is 30.9 Å². The van der Waals surface area contributed by atoms with Crippen molar-refractivity contribution < 1.29 is 42.0 Å². The lowest BCUT2D eigenvalue weighted by molar-refractivity contribution is -0.286. The molecule has 0 unspecified atom stereocenters. The molecule has 180 valence electrons. The summed E-state index contributed by atoms with van der Waals surface area (Å²) in [5.41, 5.74) is 1.95. The maximum Gasteiger partial charge on any atom is 0.495 e. The lowest BCUT2D eigenvalue weighted by Gasteiger charge is -2.13. The second kappa shape index (κ2) is 13.4. The smallest absolute Gasteiger partial charge is 0.494 e. The normalized spacial score (nSPS) is 12.1. The highest BCUT2D eigenvalue weighted by atomic mass is 19.4. The number of carbonyl (C=O) groups is 2. The lowest BCUT2D eigenvalue weighted by Crippen LogP contribution is -2.36. The van der Waals surface area contributed by atoms with Crippen LogP contribution in [-0.4, -0.2) is 37.4 Å². The van der Waals surface area contributed by atoms with Crippen LogP contribution in [0.2, 0.25) is 0 Å². The van der Waals surface area contributed by atoms with Gasteiger partial charge in [-0.25, -0.2) is 19.4 Å². The molecule has 2 aromatic rings. The monoisotopic (exact) mass is 469 g/mol. The highest BCUT2D eigenvalue weighted by Crippen LogP contribution is 2.17. The van der Waals surface area contributed by atoms with Crippen molar-refractivity contribution in [2.24, 2.45) is 0 Å². The summed E-state index contributed by atoms with van der Waals surface area (Å²) in [7, 11) is 0. The average Bonchev–Trinajstić information content (AvgIpc) is 2.80. The van der Waals surface area contributed by atoms with E-state index < -0.39 is 24.2 Å². The van der Waals surface area contributed by atoms with Gasteiger partial charge in [-0.2, -0.15) is 13.2 Å². The fourth-order valence-electron chi connectivity index (χ4n) is 2.52. The van der Waals surface area contributed by atoms with Crippen molar-refractivity contribution in [2.45, 2.75) is 45.1 Å². The van der Waals surface area contributed by atoms with E-state index in [1.807, 2.05) is 30.3 Å². The third-order valence-electron chi connectivity index (χ3n) is 4.38. The third kappa shape index (κ3) is 10.4. The fraction of sp³-hybridized carbons (Fsp3) is 0.391. The molecule has 7 nitrogen and oxygen atoms in total. The summed E-state index contributed by atoms with van der Waals surface area (Å²) in [6, 6.07) is 16.1. The molecule has 0 aliphatic heterocycles. The van der Waals surface area contributed by atoms with Crippen molar-refractivity contribution in [3.8, 4) is 5.75 Å². The second-order valence-corrected chi connectivity index (χ2v) is 7.11. The van der Waals surface area contributed by atoms with Crippen molar-refractivity contribution in [1.82, 2.24) is 5.32 Å². The minimum Gasteiger partial charge on any atom is -0.494 e. The Labute approximate surface area is 189 Å². The lowest BCUT2D eigenvalue weighted by atomic mass is 10.2. The first-order valence-electron chi connectivity index (χ1n) is 10.3. The molecule has 0 aromatic heterocycles. The number of benzene rings is 2. The molecule has 0 spiro atoms. The first kappa shape index (κ1) is 26.1. The van der Waals surface area contributed by atoms with E-state index in [2.05, 4.69) is 15.1 Å². The molecule has 0 saturated heterocycles. The number of carbonyl (C=O) groups excluding carboxylic acids is 2. The third-order valence-corrected chi connectivity index (χ3v) is 4.38. The van der Waals surface area contributed by atoms with Crippen LogP contribution in [0.5, 0.6) is 5.75 Å². The van der Waals surface area contributed by atoms with E-state index in [0.29, 0.717) is 25.6 Å². The van der Waals surface area contributed by atoms with Crippen molar-refractivity contribution in [2.75, 3.05) is 13.2 Å². The summed E-state index contributed by atoms with van der Waals surface area (Å²) >= 11 is 0. The molecule has 2 rings (SSSR count). The summed E-state index contributed by atoms with van der Waals surface area (Å²) in [4.78, 5) is 29.5. The van der Waals surface area contributed by atoms with E-state index in [1.165, 1.54) is 6.92 Å². The number of ether oxygens (including phenoxy) is 2. The van der Waals surface area contributed by atoms with Crippen LogP contribution < -0.4 is 10.1 Å². The Balaban J connectivity index is 1.57. The Morgan fingerprint density at radius 1 is 0.909 bits per heavy atom.